The molecule has 0 radical (unpaired) electrons. The first-order valence-electron chi connectivity index (χ1n) is 28.5. The maximum Gasteiger partial charge on any atom is 0.246 e. The zero-order chi connectivity index (χ0) is 59.9. The molecule has 0 saturated carbocycles. The van der Waals surface area contributed by atoms with Gasteiger partial charge in [-0.3, -0.25) is 47.9 Å². The number of rotatable bonds is 36. The van der Waals surface area contributed by atoms with Crippen LogP contribution in [0.2, 0.25) is 0 Å². The van der Waals surface area contributed by atoms with Crippen LogP contribution < -0.4 is 47.9 Å². The molecule has 0 aromatic carbocycles. The second kappa shape index (κ2) is 33.4. The van der Waals surface area contributed by atoms with Crippen molar-refractivity contribution < 1.29 is 58.2 Å². The zero-order valence-electron chi connectivity index (χ0n) is 50.1. The average Bonchev–Trinajstić information content (AvgIpc) is 3.85. The van der Waals surface area contributed by atoms with E-state index >= 15 is 0 Å². The fourth-order valence-corrected chi connectivity index (χ4v) is 8.99. The molecule has 22 nitrogen and oxygen atoms in total. The number of nitrogens with zero attached hydrogens (tertiary/aromatic N) is 1. The lowest BCUT2D eigenvalue weighted by Gasteiger charge is -2.35. The first-order valence-corrected chi connectivity index (χ1v) is 28.5. The van der Waals surface area contributed by atoms with Crippen molar-refractivity contribution in [3.8, 4) is 0 Å². The summed E-state index contributed by atoms with van der Waals surface area (Å²) < 4.78 is 0. The number of aliphatic hydroxyl groups is 2. The minimum absolute atomic E-state index is 0.0294. The number of amides is 9. The molecule has 1 fully saturated rings. The molecular formula is C56H102N10O12. The van der Waals surface area contributed by atoms with E-state index in [2.05, 4.69) is 54.8 Å². The number of carbonyl (C=O) groups excluding carboxylic acids is 10. The Morgan fingerprint density at radius 3 is 1.81 bits per heavy atom. The molecule has 0 spiro atoms. The van der Waals surface area contributed by atoms with Gasteiger partial charge in [-0.1, -0.05) is 87.5 Å². The summed E-state index contributed by atoms with van der Waals surface area (Å²) in [5.41, 5.74) is -4.63. The molecule has 78 heavy (non-hydrogen) atoms. The van der Waals surface area contributed by atoms with Gasteiger partial charge in [-0.2, -0.15) is 0 Å². The highest BCUT2D eigenvalue weighted by atomic mass is 16.3. The predicted octanol–water partition coefficient (Wildman–Crippen LogP) is 2.16. The highest BCUT2D eigenvalue weighted by Gasteiger charge is 2.42. The first kappa shape index (κ1) is 70.8. The van der Waals surface area contributed by atoms with Crippen LogP contribution in [0.5, 0.6) is 0 Å². The van der Waals surface area contributed by atoms with Gasteiger partial charge in [0.1, 0.15) is 52.6 Å². The molecule has 0 aromatic rings. The summed E-state index contributed by atoms with van der Waals surface area (Å²) in [5.74, 6) is -7.21. The monoisotopic (exact) mass is 1110 g/mol. The minimum atomic E-state index is -1.67. The summed E-state index contributed by atoms with van der Waals surface area (Å²) in [4.78, 5) is 138. The highest BCUT2D eigenvalue weighted by molar-refractivity contribution is 6.00. The number of unbranched alkanes of at least 4 members (excludes halogenated alkanes) is 3. The van der Waals surface area contributed by atoms with Crippen LogP contribution in [-0.4, -0.2) is 159 Å². The number of hydrogen-bond donors (Lipinski definition) is 11. The molecular weight excluding hydrogens is 1000 g/mol. The Kier molecular flexibility index (Phi) is 30.3. The van der Waals surface area contributed by atoms with Crippen LogP contribution in [0.4, 0.5) is 0 Å². The molecule has 1 rings (SSSR count). The van der Waals surface area contributed by atoms with Crippen LogP contribution in [0, 0.1) is 23.7 Å². The van der Waals surface area contributed by atoms with Gasteiger partial charge in [0, 0.05) is 44.4 Å². The maximum absolute atomic E-state index is 14.1. The van der Waals surface area contributed by atoms with Crippen LogP contribution in [0.1, 0.15) is 188 Å². The van der Waals surface area contributed by atoms with Crippen LogP contribution in [-0.2, 0) is 47.9 Å². The Morgan fingerprint density at radius 1 is 0.641 bits per heavy atom. The third kappa shape index (κ3) is 23.6. The molecule has 1 saturated heterocycles. The molecule has 0 aromatic heterocycles. The van der Waals surface area contributed by atoms with Crippen molar-refractivity contribution in [2.75, 3.05) is 26.2 Å². The van der Waals surface area contributed by atoms with E-state index in [0.717, 1.165) is 25.7 Å². The molecule has 1 aliphatic heterocycles. The number of aliphatic hydroxyl groups excluding tert-OH is 2. The molecule has 10 unspecified atom stereocenters. The second-order valence-electron chi connectivity index (χ2n) is 23.7. The van der Waals surface area contributed by atoms with E-state index in [0.29, 0.717) is 45.3 Å². The number of hydrogen-bond acceptors (Lipinski definition) is 13. The van der Waals surface area contributed by atoms with Gasteiger partial charge in [0.25, 0.3) is 0 Å². The summed E-state index contributed by atoms with van der Waals surface area (Å²) in [7, 11) is 0. The number of likely N-dealkylation sites (tertiary alicyclic amines) is 1. The Balaban J connectivity index is 3.23. The topological polar surface area (TPSA) is 323 Å². The Hall–Kier alpha value is -5.22. The molecule has 11 N–H and O–H groups in total. The van der Waals surface area contributed by atoms with Gasteiger partial charge in [0.2, 0.25) is 53.2 Å². The van der Waals surface area contributed by atoms with Crippen molar-refractivity contribution in [1.82, 2.24) is 52.8 Å². The fraction of sp³-hybridized carbons (Fsp3) is 0.821. The number of nitrogens with one attached hydrogen (secondary N) is 9. The van der Waals surface area contributed by atoms with Gasteiger partial charge < -0.3 is 63.0 Å². The van der Waals surface area contributed by atoms with Crippen LogP contribution >= 0.6 is 0 Å². The van der Waals surface area contributed by atoms with E-state index in [4.69, 9.17) is 5.11 Å². The molecule has 0 aliphatic carbocycles. The molecule has 1 heterocycles. The Labute approximate surface area is 465 Å². The minimum Gasteiger partial charge on any atom is -0.395 e. The SMILES string of the molecule is CCCCCCC(C)C(=O)N1CCCC1C(=O)NC(CC(C)CC(O)CC(=O)CC)C(=O)NC(C)C(=O)NC(C)(C)C(=O)NC(C(=O)NC(C(=O)NC(C)(C)C(=O)NC(C)(C)C(=O)NC(C)CNCCO)C(C)C)C(C)CC. The van der Waals surface area contributed by atoms with Crippen LogP contribution in [0.3, 0.4) is 0 Å². The molecule has 448 valence electrons. The van der Waals surface area contributed by atoms with Gasteiger partial charge in [-0.15, -0.1) is 0 Å². The Morgan fingerprint density at radius 2 is 1.23 bits per heavy atom. The normalized spacial score (nSPS) is 17.4. The standard InChI is InChI=1S/C56H102N10O12/c1-17-20-21-22-24-36(8)50(75)66-27-23-25-42(66)47(72)60-41(30-34(6)29-40(69)31-39(68)19-3)46(71)59-38(10)45(70)63-54(11,12)52(77)62-44(35(7)18-2)48(73)61-43(33(4)5)49(74)64-56(15,16)53(78)65-55(13,14)51(76)58-37(9)32-57-26-28-67/h33-38,40-44,57,67,69H,17-32H2,1-16H3,(H,58,76)(H,59,71)(H,60,72)(H,61,73)(H,62,77)(H,63,70)(H,64,74)(H,65,78). The largest absolute Gasteiger partial charge is 0.395 e. The van der Waals surface area contributed by atoms with Gasteiger partial charge >= 0.3 is 0 Å². The summed E-state index contributed by atoms with van der Waals surface area (Å²) in [5, 5.41) is 44.5. The number of Topliss-reactive ketones (excluding diaryl/α,β-unsaturated/α-hetero) is 1. The van der Waals surface area contributed by atoms with Crippen LogP contribution in [0.25, 0.3) is 0 Å². The van der Waals surface area contributed by atoms with Gasteiger partial charge in [0.05, 0.1) is 12.7 Å². The molecule has 22 heteroatoms. The van der Waals surface area contributed by atoms with E-state index in [1.807, 2.05) is 13.8 Å². The lowest BCUT2D eigenvalue weighted by atomic mass is 9.92. The van der Waals surface area contributed by atoms with Gasteiger partial charge in [0.15, 0.2) is 0 Å². The number of carbonyl (C=O) groups is 10. The van der Waals surface area contributed by atoms with Crippen molar-refractivity contribution >= 4 is 58.9 Å². The quantitative estimate of drug-likeness (QED) is 0.0402. The van der Waals surface area contributed by atoms with Crippen molar-refractivity contribution in [2.24, 2.45) is 23.7 Å². The van der Waals surface area contributed by atoms with E-state index in [1.165, 1.54) is 48.5 Å². The van der Waals surface area contributed by atoms with Crippen molar-refractivity contribution in [3.05, 3.63) is 0 Å². The average molecular weight is 1110 g/mol. The van der Waals surface area contributed by atoms with Crippen molar-refractivity contribution in [1.29, 1.82) is 0 Å². The fourth-order valence-electron chi connectivity index (χ4n) is 8.99. The van der Waals surface area contributed by atoms with Gasteiger partial charge in [-0.25, -0.2) is 0 Å². The maximum atomic E-state index is 14.1. The molecule has 1 aliphatic rings. The summed E-state index contributed by atoms with van der Waals surface area (Å²) in [6, 6.07) is -5.99. The lowest BCUT2D eigenvalue weighted by Crippen LogP contribution is -2.66. The number of ketones is 1. The molecule has 0 bridgehead atoms. The van der Waals surface area contributed by atoms with E-state index in [-0.39, 0.29) is 61.9 Å². The first-order chi connectivity index (χ1) is 36.2. The summed E-state index contributed by atoms with van der Waals surface area (Å²) >= 11 is 0. The van der Waals surface area contributed by atoms with Crippen LogP contribution in [0.15, 0.2) is 0 Å². The molecule has 9 amide bonds. The lowest BCUT2D eigenvalue weighted by molar-refractivity contribution is -0.142. The van der Waals surface area contributed by atoms with E-state index < -0.39 is 112 Å². The van der Waals surface area contributed by atoms with Crippen molar-refractivity contribution in [3.63, 3.8) is 0 Å². The third-order valence-corrected chi connectivity index (χ3v) is 14.5. The second-order valence-corrected chi connectivity index (χ2v) is 23.7. The predicted molar refractivity (Wildman–Crippen MR) is 299 cm³/mol. The molecule has 10 atom stereocenters. The summed E-state index contributed by atoms with van der Waals surface area (Å²) in [6.07, 6.45) is 5.57. The van der Waals surface area contributed by atoms with E-state index in [9.17, 15) is 53.1 Å². The Bertz CT molecular complexity index is 2010. The highest BCUT2D eigenvalue weighted by Crippen LogP contribution is 2.24. The zero-order valence-corrected chi connectivity index (χ0v) is 50.1. The smallest absolute Gasteiger partial charge is 0.246 e. The van der Waals surface area contributed by atoms with Crippen molar-refractivity contribution in [2.45, 2.75) is 247 Å². The van der Waals surface area contributed by atoms with Gasteiger partial charge in [-0.05, 0) is 105 Å². The third-order valence-electron chi connectivity index (χ3n) is 14.5. The van der Waals surface area contributed by atoms with E-state index in [1.54, 1.807) is 46.4 Å². The summed E-state index contributed by atoms with van der Waals surface area (Å²) in [6.45, 7) is 27.4.